The number of carboxylic acid groups (broad SMARTS) is 1. The summed E-state index contributed by atoms with van der Waals surface area (Å²) in [6, 6.07) is 9.48. The van der Waals surface area contributed by atoms with Crippen molar-refractivity contribution in [3.05, 3.63) is 47.2 Å². The fourth-order valence-electron chi connectivity index (χ4n) is 1.14. The quantitative estimate of drug-likeness (QED) is 0.890. The van der Waals surface area contributed by atoms with Gasteiger partial charge in [0.15, 0.2) is 0 Å². The number of aromatic carboxylic acids is 1. The lowest BCUT2D eigenvalue weighted by atomic mass is 10.3. The van der Waals surface area contributed by atoms with Crippen LogP contribution in [-0.4, -0.2) is 11.1 Å². The van der Waals surface area contributed by atoms with Crippen molar-refractivity contribution >= 4 is 17.6 Å². The van der Waals surface area contributed by atoms with E-state index in [2.05, 4.69) is 0 Å². The highest BCUT2D eigenvalue weighted by molar-refractivity contribution is 6.30. The standard InChI is InChI=1S/C11H7ClO4/c12-7-2-1-3-8(6-7)15-10-5-4-9(16-10)11(13)14/h1-6H,(H,13,14). The van der Waals surface area contributed by atoms with Gasteiger partial charge in [0.1, 0.15) is 5.75 Å². The van der Waals surface area contributed by atoms with Crippen molar-refractivity contribution < 1.29 is 19.1 Å². The van der Waals surface area contributed by atoms with Gasteiger partial charge in [-0.2, -0.15) is 0 Å². The number of carbonyl (C=O) groups is 1. The van der Waals surface area contributed by atoms with E-state index in [0.29, 0.717) is 10.8 Å². The van der Waals surface area contributed by atoms with E-state index in [0.717, 1.165) is 0 Å². The van der Waals surface area contributed by atoms with Gasteiger partial charge in [0, 0.05) is 11.1 Å². The molecule has 0 unspecified atom stereocenters. The number of carboxylic acids is 1. The fraction of sp³-hybridized carbons (Fsp3) is 0. The van der Waals surface area contributed by atoms with Gasteiger partial charge in [0.05, 0.1) is 0 Å². The van der Waals surface area contributed by atoms with Gasteiger partial charge in [0.25, 0.3) is 5.95 Å². The molecule has 1 aromatic carbocycles. The van der Waals surface area contributed by atoms with E-state index in [1.165, 1.54) is 12.1 Å². The monoisotopic (exact) mass is 238 g/mol. The van der Waals surface area contributed by atoms with Crippen LogP contribution in [-0.2, 0) is 0 Å². The van der Waals surface area contributed by atoms with Crippen molar-refractivity contribution in [2.24, 2.45) is 0 Å². The van der Waals surface area contributed by atoms with Gasteiger partial charge in [-0.3, -0.25) is 0 Å². The first kappa shape index (κ1) is 10.6. The molecule has 0 aliphatic carbocycles. The second kappa shape index (κ2) is 4.28. The van der Waals surface area contributed by atoms with E-state index in [1.807, 2.05) is 0 Å². The number of hydrogen-bond donors (Lipinski definition) is 1. The lowest BCUT2D eigenvalue weighted by molar-refractivity contribution is 0.0657. The maximum atomic E-state index is 10.6. The predicted molar refractivity (Wildman–Crippen MR) is 57.2 cm³/mol. The molecule has 0 bridgehead atoms. The Kier molecular flexibility index (Phi) is 2.83. The normalized spacial score (nSPS) is 10.1. The lowest BCUT2D eigenvalue weighted by Gasteiger charge is -2.01. The molecule has 1 aromatic heterocycles. The molecule has 82 valence electrons. The van der Waals surface area contributed by atoms with Crippen LogP contribution in [0.1, 0.15) is 10.6 Å². The molecule has 5 heteroatoms. The third-order valence-electron chi connectivity index (χ3n) is 1.81. The van der Waals surface area contributed by atoms with Gasteiger partial charge in [-0.1, -0.05) is 17.7 Å². The van der Waals surface area contributed by atoms with E-state index >= 15 is 0 Å². The molecule has 0 spiro atoms. The third-order valence-corrected chi connectivity index (χ3v) is 2.04. The van der Waals surface area contributed by atoms with Crippen LogP contribution in [0.25, 0.3) is 0 Å². The topological polar surface area (TPSA) is 59.7 Å². The Bertz CT molecular complexity index is 518. The van der Waals surface area contributed by atoms with Crippen molar-refractivity contribution in [3.8, 4) is 11.7 Å². The first-order valence-corrected chi connectivity index (χ1v) is 4.79. The number of halogens is 1. The molecule has 0 saturated carbocycles. The first-order chi connectivity index (χ1) is 7.65. The zero-order valence-electron chi connectivity index (χ0n) is 8.01. The summed E-state index contributed by atoms with van der Waals surface area (Å²) in [5.74, 6) is -0.712. The van der Waals surface area contributed by atoms with E-state index in [4.69, 9.17) is 25.9 Å². The van der Waals surface area contributed by atoms with E-state index < -0.39 is 5.97 Å². The zero-order chi connectivity index (χ0) is 11.5. The summed E-state index contributed by atoms with van der Waals surface area (Å²) in [6.45, 7) is 0. The summed E-state index contributed by atoms with van der Waals surface area (Å²) in [5.41, 5.74) is 0. The van der Waals surface area contributed by atoms with Crippen LogP contribution in [0.15, 0.2) is 40.8 Å². The molecule has 0 aliphatic heterocycles. The Morgan fingerprint density at radius 2 is 2.12 bits per heavy atom. The molecular weight excluding hydrogens is 232 g/mol. The molecule has 1 heterocycles. The maximum absolute atomic E-state index is 10.6. The van der Waals surface area contributed by atoms with Gasteiger partial charge in [0.2, 0.25) is 5.76 Å². The highest BCUT2D eigenvalue weighted by atomic mass is 35.5. The van der Waals surface area contributed by atoms with Crippen LogP contribution in [0.5, 0.6) is 11.7 Å². The maximum Gasteiger partial charge on any atom is 0.371 e. The van der Waals surface area contributed by atoms with Crippen molar-refractivity contribution in [2.45, 2.75) is 0 Å². The van der Waals surface area contributed by atoms with Crippen LogP contribution in [0.2, 0.25) is 5.02 Å². The molecule has 2 aromatic rings. The van der Waals surface area contributed by atoms with Crippen LogP contribution < -0.4 is 4.74 Å². The molecule has 0 fully saturated rings. The summed E-state index contributed by atoms with van der Waals surface area (Å²) < 4.78 is 10.2. The highest BCUT2D eigenvalue weighted by Gasteiger charge is 2.10. The average molecular weight is 239 g/mol. The first-order valence-electron chi connectivity index (χ1n) is 4.42. The molecule has 1 N–H and O–H groups in total. The van der Waals surface area contributed by atoms with E-state index in [1.54, 1.807) is 24.3 Å². The number of benzene rings is 1. The van der Waals surface area contributed by atoms with Crippen LogP contribution >= 0.6 is 11.6 Å². The lowest BCUT2D eigenvalue weighted by Crippen LogP contribution is -1.91. The van der Waals surface area contributed by atoms with Gasteiger partial charge >= 0.3 is 5.97 Å². The van der Waals surface area contributed by atoms with Crippen LogP contribution in [0.3, 0.4) is 0 Å². The minimum atomic E-state index is -1.14. The minimum Gasteiger partial charge on any atom is -0.475 e. The number of ether oxygens (including phenoxy) is 1. The molecule has 16 heavy (non-hydrogen) atoms. The van der Waals surface area contributed by atoms with Crippen molar-refractivity contribution in [1.29, 1.82) is 0 Å². The fourth-order valence-corrected chi connectivity index (χ4v) is 1.32. The third kappa shape index (κ3) is 2.35. The largest absolute Gasteiger partial charge is 0.475 e. The summed E-state index contributed by atoms with van der Waals surface area (Å²) >= 11 is 5.76. The van der Waals surface area contributed by atoms with Gasteiger partial charge < -0.3 is 14.3 Å². The molecule has 0 saturated heterocycles. The zero-order valence-corrected chi connectivity index (χ0v) is 8.77. The second-order valence-electron chi connectivity index (χ2n) is 2.98. The van der Waals surface area contributed by atoms with E-state index in [-0.39, 0.29) is 11.7 Å². The van der Waals surface area contributed by atoms with Crippen LogP contribution in [0, 0.1) is 0 Å². The summed E-state index contributed by atoms with van der Waals surface area (Å²) in [7, 11) is 0. The van der Waals surface area contributed by atoms with Crippen molar-refractivity contribution in [2.75, 3.05) is 0 Å². The molecule has 0 atom stereocenters. The van der Waals surface area contributed by atoms with E-state index in [9.17, 15) is 4.79 Å². The Morgan fingerprint density at radius 1 is 1.31 bits per heavy atom. The van der Waals surface area contributed by atoms with Crippen molar-refractivity contribution in [1.82, 2.24) is 0 Å². The smallest absolute Gasteiger partial charge is 0.371 e. The highest BCUT2D eigenvalue weighted by Crippen LogP contribution is 2.25. The van der Waals surface area contributed by atoms with Crippen molar-refractivity contribution in [3.63, 3.8) is 0 Å². The molecule has 0 aliphatic rings. The Hall–Kier alpha value is -1.94. The molecular formula is C11H7ClO4. The SMILES string of the molecule is O=C(O)c1ccc(Oc2cccc(Cl)c2)o1. The Balaban J connectivity index is 2.17. The van der Waals surface area contributed by atoms with Gasteiger partial charge in [-0.05, 0) is 24.3 Å². The van der Waals surface area contributed by atoms with Gasteiger partial charge in [-0.25, -0.2) is 4.79 Å². The Morgan fingerprint density at radius 3 is 2.75 bits per heavy atom. The van der Waals surface area contributed by atoms with Crippen LogP contribution in [0.4, 0.5) is 0 Å². The molecule has 0 amide bonds. The number of furan rings is 1. The second-order valence-corrected chi connectivity index (χ2v) is 3.42. The molecule has 2 rings (SSSR count). The Labute approximate surface area is 96.0 Å². The summed E-state index contributed by atoms with van der Waals surface area (Å²) in [5, 5.41) is 9.17. The number of rotatable bonds is 3. The summed E-state index contributed by atoms with van der Waals surface area (Å²) in [6.07, 6.45) is 0. The predicted octanol–water partition coefficient (Wildman–Crippen LogP) is 3.42. The minimum absolute atomic E-state index is 0.111. The molecule has 0 radical (unpaired) electrons. The summed E-state index contributed by atoms with van der Waals surface area (Å²) in [4.78, 5) is 10.6. The molecule has 4 nitrogen and oxygen atoms in total. The number of hydrogen-bond acceptors (Lipinski definition) is 3. The van der Waals surface area contributed by atoms with Gasteiger partial charge in [-0.15, -0.1) is 0 Å². The average Bonchev–Trinajstić information content (AvgIpc) is 2.66.